The molecule has 6 nitrogen and oxygen atoms in total. The molecule has 19 heavy (non-hydrogen) atoms. The summed E-state index contributed by atoms with van der Waals surface area (Å²) in [6.45, 7) is 0.793. The largest absolute Gasteiger partial charge is 0.380 e. The van der Waals surface area contributed by atoms with Gasteiger partial charge in [-0.15, -0.1) is 11.3 Å². The van der Waals surface area contributed by atoms with Crippen LogP contribution in [0.2, 0.25) is 5.15 Å². The van der Waals surface area contributed by atoms with Crippen LogP contribution in [-0.2, 0) is 14.8 Å². The van der Waals surface area contributed by atoms with Crippen LogP contribution in [0, 0.1) is 0 Å². The van der Waals surface area contributed by atoms with Gasteiger partial charge in [-0.2, -0.15) is 4.31 Å². The third-order valence-electron chi connectivity index (χ3n) is 3.20. The molecular formula is C10H12ClN3O3S2. The fourth-order valence-electron chi connectivity index (χ4n) is 2.20. The molecule has 0 radical (unpaired) electrons. The zero-order valence-corrected chi connectivity index (χ0v) is 12.5. The summed E-state index contributed by atoms with van der Waals surface area (Å²) in [4.78, 5) is 4.63. The Balaban J connectivity index is 2.05. The molecule has 2 aromatic heterocycles. The Hall–Kier alpha value is -0.670. The van der Waals surface area contributed by atoms with Crippen LogP contribution in [0.1, 0.15) is 6.42 Å². The lowest BCUT2D eigenvalue weighted by molar-refractivity contribution is 0.115. The van der Waals surface area contributed by atoms with E-state index in [1.54, 1.807) is 18.7 Å². The quantitative estimate of drug-likeness (QED) is 0.858. The van der Waals surface area contributed by atoms with Crippen molar-refractivity contribution < 1.29 is 13.2 Å². The molecular weight excluding hydrogens is 310 g/mol. The zero-order chi connectivity index (χ0) is 13.6. The Kier molecular flexibility index (Phi) is 3.30. The average Bonchev–Trinajstić information content (AvgIpc) is 3.01. The minimum absolute atomic E-state index is 0.0210. The van der Waals surface area contributed by atoms with Gasteiger partial charge < -0.3 is 4.74 Å². The smallest absolute Gasteiger partial charge is 0.262 e. The highest BCUT2D eigenvalue weighted by molar-refractivity contribution is 7.89. The van der Waals surface area contributed by atoms with Crippen LogP contribution in [0.15, 0.2) is 16.6 Å². The maximum atomic E-state index is 12.6. The van der Waals surface area contributed by atoms with Crippen molar-refractivity contribution in [3.05, 3.63) is 16.7 Å². The van der Waals surface area contributed by atoms with E-state index in [1.165, 1.54) is 20.0 Å². The van der Waals surface area contributed by atoms with Gasteiger partial charge in [-0.05, 0) is 6.42 Å². The molecule has 1 aliphatic heterocycles. The van der Waals surface area contributed by atoms with E-state index in [4.69, 9.17) is 16.3 Å². The molecule has 3 rings (SSSR count). The fraction of sp³-hybridized carbons (Fsp3) is 0.500. The minimum Gasteiger partial charge on any atom is -0.380 e. The van der Waals surface area contributed by atoms with E-state index in [9.17, 15) is 8.42 Å². The van der Waals surface area contributed by atoms with E-state index in [2.05, 4.69) is 4.98 Å². The van der Waals surface area contributed by atoms with Gasteiger partial charge in [0, 0.05) is 31.8 Å². The first-order valence-electron chi connectivity index (χ1n) is 5.68. The number of hydrogen-bond donors (Lipinski definition) is 0. The summed E-state index contributed by atoms with van der Waals surface area (Å²) in [7, 11) is -2.05. The van der Waals surface area contributed by atoms with Crippen molar-refractivity contribution >= 4 is 37.9 Å². The van der Waals surface area contributed by atoms with Gasteiger partial charge in [0.05, 0.1) is 6.10 Å². The first-order valence-corrected chi connectivity index (χ1v) is 8.38. The second kappa shape index (κ2) is 4.71. The van der Waals surface area contributed by atoms with Gasteiger partial charge in [-0.25, -0.2) is 13.4 Å². The second-order valence-electron chi connectivity index (χ2n) is 4.27. The summed E-state index contributed by atoms with van der Waals surface area (Å²) < 4.78 is 33.3. The molecule has 1 atom stereocenters. The molecule has 9 heteroatoms. The number of nitrogens with zero attached hydrogens (tertiary/aromatic N) is 3. The Bertz CT molecular complexity index is 709. The fourth-order valence-corrected chi connectivity index (χ4v) is 5.09. The monoisotopic (exact) mass is 321 g/mol. The lowest BCUT2D eigenvalue weighted by atomic mass is 10.3. The third-order valence-corrected chi connectivity index (χ3v) is 6.23. The summed E-state index contributed by atoms with van der Waals surface area (Å²) in [5.41, 5.74) is 0. The molecule has 1 saturated heterocycles. The number of sulfonamides is 1. The van der Waals surface area contributed by atoms with E-state index in [-0.39, 0.29) is 16.3 Å². The maximum Gasteiger partial charge on any atom is 0.262 e. The Morgan fingerprint density at radius 2 is 2.37 bits per heavy atom. The van der Waals surface area contributed by atoms with E-state index in [0.29, 0.717) is 24.5 Å². The van der Waals surface area contributed by atoms with Crippen molar-refractivity contribution in [1.29, 1.82) is 0 Å². The number of aromatic nitrogens is 2. The molecule has 0 N–H and O–H groups in total. The molecule has 0 bridgehead atoms. The van der Waals surface area contributed by atoms with Gasteiger partial charge in [-0.3, -0.25) is 4.40 Å². The predicted octanol–water partition coefficient (Wildman–Crippen LogP) is 1.46. The van der Waals surface area contributed by atoms with Crippen molar-refractivity contribution in [2.24, 2.45) is 0 Å². The molecule has 0 aromatic carbocycles. The molecule has 1 aliphatic rings. The zero-order valence-electron chi connectivity index (χ0n) is 10.1. The van der Waals surface area contributed by atoms with Gasteiger partial charge in [-0.1, -0.05) is 11.6 Å². The van der Waals surface area contributed by atoms with Crippen molar-refractivity contribution in [3.63, 3.8) is 0 Å². The SMILES string of the molecule is COC1CCN(S(=O)(=O)c2c(Cl)nc3sccn23)C1. The highest BCUT2D eigenvalue weighted by Crippen LogP contribution is 2.29. The van der Waals surface area contributed by atoms with E-state index in [1.807, 2.05) is 0 Å². The Morgan fingerprint density at radius 1 is 1.58 bits per heavy atom. The van der Waals surface area contributed by atoms with Gasteiger partial charge >= 0.3 is 0 Å². The number of imidazole rings is 1. The molecule has 2 aromatic rings. The maximum absolute atomic E-state index is 12.6. The second-order valence-corrected chi connectivity index (χ2v) is 7.36. The van der Waals surface area contributed by atoms with Crippen LogP contribution in [0.5, 0.6) is 0 Å². The number of methoxy groups -OCH3 is 1. The lowest BCUT2D eigenvalue weighted by Gasteiger charge is -2.15. The van der Waals surface area contributed by atoms with Crippen molar-refractivity contribution in [1.82, 2.24) is 13.7 Å². The van der Waals surface area contributed by atoms with Gasteiger partial charge in [0.25, 0.3) is 10.0 Å². The first-order chi connectivity index (χ1) is 9.04. The number of thiazole rings is 1. The number of rotatable bonds is 3. The summed E-state index contributed by atoms with van der Waals surface area (Å²) in [6.07, 6.45) is 2.30. The summed E-state index contributed by atoms with van der Waals surface area (Å²) >= 11 is 7.33. The van der Waals surface area contributed by atoms with Crippen LogP contribution < -0.4 is 0 Å². The molecule has 104 valence electrons. The standard InChI is InChI=1S/C10H12ClN3O3S2/c1-17-7-2-3-13(6-7)19(15,16)9-8(11)12-10-14(9)4-5-18-10/h4-5,7H,2-3,6H2,1H3. The summed E-state index contributed by atoms with van der Waals surface area (Å²) in [5.74, 6) is 0. The number of ether oxygens (including phenoxy) is 1. The van der Waals surface area contributed by atoms with Gasteiger partial charge in [0.1, 0.15) is 0 Å². The van der Waals surface area contributed by atoms with E-state index in [0.717, 1.165) is 0 Å². The summed E-state index contributed by atoms with van der Waals surface area (Å²) in [6, 6.07) is 0. The molecule has 0 aliphatic carbocycles. The number of fused-ring (bicyclic) bond motifs is 1. The van der Waals surface area contributed by atoms with Gasteiger partial charge in [0.2, 0.25) is 0 Å². The van der Waals surface area contributed by atoms with E-state index < -0.39 is 10.0 Å². The van der Waals surface area contributed by atoms with E-state index >= 15 is 0 Å². The Morgan fingerprint density at radius 3 is 3.05 bits per heavy atom. The van der Waals surface area contributed by atoms with Crippen molar-refractivity contribution in [2.75, 3.05) is 20.2 Å². The molecule has 0 amide bonds. The van der Waals surface area contributed by atoms with Crippen LogP contribution >= 0.6 is 22.9 Å². The van der Waals surface area contributed by atoms with Crippen LogP contribution in [-0.4, -0.2) is 48.4 Å². The highest BCUT2D eigenvalue weighted by Gasteiger charge is 2.36. The summed E-state index contributed by atoms with van der Waals surface area (Å²) in [5, 5.41) is 1.84. The lowest BCUT2D eigenvalue weighted by Crippen LogP contribution is -2.31. The highest BCUT2D eigenvalue weighted by atomic mass is 35.5. The van der Waals surface area contributed by atoms with Crippen LogP contribution in [0.25, 0.3) is 4.96 Å². The third kappa shape index (κ3) is 2.07. The molecule has 0 spiro atoms. The van der Waals surface area contributed by atoms with Crippen molar-refractivity contribution in [2.45, 2.75) is 17.6 Å². The van der Waals surface area contributed by atoms with Crippen LogP contribution in [0.3, 0.4) is 0 Å². The molecule has 1 unspecified atom stereocenters. The normalized spacial score (nSPS) is 21.5. The topological polar surface area (TPSA) is 63.9 Å². The molecule has 1 fully saturated rings. The molecule has 0 saturated carbocycles. The Labute approximate surface area is 119 Å². The first kappa shape index (κ1) is 13.3. The average molecular weight is 322 g/mol. The van der Waals surface area contributed by atoms with Crippen molar-refractivity contribution in [3.8, 4) is 0 Å². The molecule has 3 heterocycles. The van der Waals surface area contributed by atoms with Gasteiger partial charge in [0.15, 0.2) is 15.1 Å². The predicted molar refractivity (Wildman–Crippen MR) is 72.3 cm³/mol. The number of halogens is 1. The minimum atomic E-state index is -3.64. The number of hydrogen-bond acceptors (Lipinski definition) is 5. The van der Waals surface area contributed by atoms with Crippen LogP contribution in [0.4, 0.5) is 0 Å².